The van der Waals surface area contributed by atoms with E-state index in [1.807, 2.05) is 0 Å². The standard InChI is InChI=1S/C28H38O3Si/c1-23(15-13-17-24(2)27(29)30-6)16-14-22-31-32(28(3,4)5,25-18-9-7-10-19-25)26-20-11-8-12-21-26/h7-12,15,18-21H,2,13-14,16-17,22H2,1,3-6H3/b23-15+. The first-order valence-corrected chi connectivity index (χ1v) is 13.3. The Morgan fingerprint density at radius 2 is 1.50 bits per heavy atom. The maximum Gasteiger partial charge on any atom is 0.333 e. The number of ether oxygens (including phenoxy) is 1. The van der Waals surface area contributed by atoms with Crippen molar-refractivity contribution in [2.75, 3.05) is 13.7 Å². The average molecular weight is 451 g/mol. The summed E-state index contributed by atoms with van der Waals surface area (Å²) in [7, 11) is -1.07. The number of hydrogen-bond acceptors (Lipinski definition) is 3. The molecule has 0 heterocycles. The molecule has 0 radical (unpaired) electrons. The topological polar surface area (TPSA) is 35.5 Å². The first-order valence-electron chi connectivity index (χ1n) is 11.4. The Hall–Kier alpha value is -2.43. The number of esters is 1. The van der Waals surface area contributed by atoms with Crippen LogP contribution in [0.2, 0.25) is 5.04 Å². The van der Waals surface area contributed by atoms with E-state index in [4.69, 9.17) is 9.16 Å². The molecule has 32 heavy (non-hydrogen) atoms. The number of hydrogen-bond donors (Lipinski definition) is 0. The highest BCUT2D eigenvalue weighted by atomic mass is 28.4. The molecule has 0 saturated carbocycles. The van der Waals surface area contributed by atoms with Gasteiger partial charge in [0.1, 0.15) is 0 Å². The predicted molar refractivity (Wildman–Crippen MR) is 137 cm³/mol. The van der Waals surface area contributed by atoms with Gasteiger partial charge in [0, 0.05) is 12.2 Å². The Kier molecular flexibility index (Phi) is 9.67. The SMILES string of the molecule is C=C(CC/C=C(\C)CCCO[Si](c1ccccc1)(c1ccccc1)C(C)(C)C)C(=O)OC. The Morgan fingerprint density at radius 1 is 0.969 bits per heavy atom. The third-order valence-corrected chi connectivity index (χ3v) is 10.9. The van der Waals surface area contributed by atoms with E-state index in [0.717, 1.165) is 19.3 Å². The molecule has 0 aliphatic heterocycles. The minimum atomic E-state index is -2.46. The van der Waals surface area contributed by atoms with E-state index in [0.29, 0.717) is 18.6 Å². The van der Waals surface area contributed by atoms with E-state index in [1.54, 1.807) is 0 Å². The maximum atomic E-state index is 11.5. The molecule has 0 unspecified atom stereocenters. The fourth-order valence-corrected chi connectivity index (χ4v) is 8.79. The van der Waals surface area contributed by atoms with Crippen molar-refractivity contribution < 1.29 is 14.0 Å². The summed E-state index contributed by atoms with van der Waals surface area (Å²) >= 11 is 0. The molecule has 0 spiro atoms. The lowest BCUT2D eigenvalue weighted by Gasteiger charge is -2.43. The van der Waals surface area contributed by atoms with E-state index in [1.165, 1.54) is 23.1 Å². The molecule has 0 aromatic heterocycles. The van der Waals surface area contributed by atoms with Gasteiger partial charge in [-0.3, -0.25) is 0 Å². The Balaban J connectivity index is 2.10. The molecule has 2 aromatic carbocycles. The first kappa shape index (κ1) is 25.8. The van der Waals surface area contributed by atoms with Gasteiger partial charge in [-0.1, -0.05) is 99.7 Å². The van der Waals surface area contributed by atoms with Crippen LogP contribution in [0.3, 0.4) is 0 Å². The second-order valence-corrected chi connectivity index (χ2v) is 13.6. The quantitative estimate of drug-likeness (QED) is 0.143. The van der Waals surface area contributed by atoms with E-state index in [9.17, 15) is 4.79 Å². The van der Waals surface area contributed by atoms with Crippen molar-refractivity contribution in [3.8, 4) is 0 Å². The molecule has 4 heteroatoms. The molecule has 3 nitrogen and oxygen atoms in total. The van der Waals surface area contributed by atoms with Gasteiger partial charge in [0.25, 0.3) is 8.32 Å². The average Bonchev–Trinajstić information content (AvgIpc) is 2.78. The summed E-state index contributed by atoms with van der Waals surface area (Å²) in [5.41, 5.74) is 1.83. The number of carbonyl (C=O) groups excluding carboxylic acids is 1. The lowest BCUT2D eigenvalue weighted by Crippen LogP contribution is -2.66. The summed E-state index contributed by atoms with van der Waals surface area (Å²) in [4.78, 5) is 11.5. The molecule has 0 atom stereocenters. The lowest BCUT2D eigenvalue weighted by atomic mass is 10.1. The van der Waals surface area contributed by atoms with Gasteiger partial charge >= 0.3 is 5.97 Å². The number of benzene rings is 2. The van der Waals surface area contributed by atoms with Gasteiger partial charge in [-0.15, -0.1) is 0 Å². The molecule has 0 aliphatic carbocycles. The van der Waals surface area contributed by atoms with Gasteiger partial charge in [-0.2, -0.15) is 0 Å². The summed E-state index contributed by atoms with van der Waals surface area (Å²) in [5, 5.41) is 2.62. The number of allylic oxidation sites excluding steroid dienone is 2. The van der Waals surface area contributed by atoms with Crippen LogP contribution >= 0.6 is 0 Å². The van der Waals surface area contributed by atoms with Crippen LogP contribution in [0.1, 0.15) is 53.4 Å². The Bertz CT molecular complexity index is 856. The third-order valence-electron chi connectivity index (χ3n) is 5.86. The van der Waals surface area contributed by atoms with E-state index >= 15 is 0 Å². The lowest BCUT2D eigenvalue weighted by molar-refractivity contribution is -0.136. The van der Waals surface area contributed by atoms with Crippen molar-refractivity contribution >= 4 is 24.7 Å². The molecular formula is C28H38O3Si. The zero-order valence-corrected chi connectivity index (χ0v) is 21.3. The minimum absolute atomic E-state index is 0.00512. The highest BCUT2D eigenvalue weighted by Crippen LogP contribution is 2.36. The van der Waals surface area contributed by atoms with Crippen LogP contribution in [-0.4, -0.2) is 28.0 Å². The summed E-state index contributed by atoms with van der Waals surface area (Å²) in [6.07, 6.45) is 5.56. The zero-order chi connectivity index (χ0) is 23.6. The van der Waals surface area contributed by atoms with Crippen LogP contribution in [0.15, 0.2) is 84.5 Å². The second-order valence-electron chi connectivity index (χ2n) is 9.30. The van der Waals surface area contributed by atoms with Gasteiger partial charge in [0.15, 0.2) is 0 Å². The van der Waals surface area contributed by atoms with Crippen molar-refractivity contribution in [2.45, 2.75) is 58.4 Å². The fourth-order valence-electron chi connectivity index (χ4n) is 4.18. The van der Waals surface area contributed by atoms with E-state index in [2.05, 4.69) is 101 Å². The number of carbonyl (C=O) groups is 1. The van der Waals surface area contributed by atoms with Crippen molar-refractivity contribution in [3.05, 3.63) is 84.5 Å². The molecule has 0 aliphatic rings. The number of methoxy groups -OCH3 is 1. The summed E-state index contributed by atoms with van der Waals surface area (Å²) in [5.74, 6) is -0.324. The van der Waals surface area contributed by atoms with E-state index < -0.39 is 8.32 Å². The minimum Gasteiger partial charge on any atom is -0.466 e. The number of rotatable bonds is 11. The normalized spacial score (nSPS) is 12.5. The molecular weight excluding hydrogens is 412 g/mol. The highest BCUT2D eigenvalue weighted by Gasteiger charge is 2.49. The van der Waals surface area contributed by atoms with Crippen LogP contribution in [0.4, 0.5) is 0 Å². The van der Waals surface area contributed by atoms with Crippen LogP contribution < -0.4 is 10.4 Å². The molecule has 2 rings (SSSR count). The van der Waals surface area contributed by atoms with Gasteiger partial charge in [-0.25, -0.2) is 4.79 Å². The summed E-state index contributed by atoms with van der Waals surface area (Å²) < 4.78 is 11.7. The van der Waals surface area contributed by atoms with Crippen molar-refractivity contribution in [1.29, 1.82) is 0 Å². The predicted octanol–water partition coefficient (Wildman–Crippen LogP) is 5.80. The molecule has 0 bridgehead atoms. The second kappa shape index (κ2) is 12.0. The van der Waals surface area contributed by atoms with Gasteiger partial charge < -0.3 is 9.16 Å². The monoisotopic (exact) mass is 450 g/mol. The summed E-state index contributed by atoms with van der Waals surface area (Å²) in [6, 6.07) is 21.5. The highest BCUT2D eigenvalue weighted by molar-refractivity contribution is 6.99. The maximum absolute atomic E-state index is 11.5. The molecule has 0 N–H and O–H groups in total. The Labute approximate surface area is 195 Å². The van der Waals surface area contributed by atoms with E-state index in [-0.39, 0.29) is 11.0 Å². The largest absolute Gasteiger partial charge is 0.466 e. The van der Waals surface area contributed by atoms with Crippen molar-refractivity contribution in [3.63, 3.8) is 0 Å². The first-order chi connectivity index (χ1) is 15.2. The summed E-state index contributed by atoms with van der Waals surface area (Å²) in [6.45, 7) is 13.6. The molecule has 172 valence electrons. The molecule has 0 saturated heterocycles. The molecule has 0 fully saturated rings. The van der Waals surface area contributed by atoms with Crippen LogP contribution in [0, 0.1) is 0 Å². The zero-order valence-electron chi connectivity index (χ0n) is 20.3. The fraction of sp³-hybridized carbons (Fsp3) is 0.393. The molecule has 0 amide bonds. The Morgan fingerprint density at radius 3 is 1.97 bits per heavy atom. The van der Waals surface area contributed by atoms with Gasteiger partial charge in [0.2, 0.25) is 0 Å². The molecule has 2 aromatic rings. The van der Waals surface area contributed by atoms with Crippen LogP contribution in [0.25, 0.3) is 0 Å². The van der Waals surface area contributed by atoms with Gasteiger partial charge in [-0.05, 0) is 48.0 Å². The smallest absolute Gasteiger partial charge is 0.333 e. The van der Waals surface area contributed by atoms with Crippen molar-refractivity contribution in [1.82, 2.24) is 0 Å². The van der Waals surface area contributed by atoms with Crippen LogP contribution in [-0.2, 0) is 14.0 Å². The van der Waals surface area contributed by atoms with Crippen molar-refractivity contribution in [2.24, 2.45) is 0 Å². The third kappa shape index (κ3) is 6.53. The van der Waals surface area contributed by atoms with Crippen LogP contribution in [0.5, 0.6) is 0 Å². The van der Waals surface area contributed by atoms with Gasteiger partial charge in [0.05, 0.1) is 7.11 Å².